The number of amides is 2. The molecule has 1 saturated carbocycles. The fraction of sp³-hybridized carbons (Fsp3) is 0.667. The van der Waals surface area contributed by atoms with Gasteiger partial charge in [-0.1, -0.05) is 6.07 Å². The smallest absolute Gasteiger partial charge is 0.318 e. The Morgan fingerprint density at radius 2 is 1.94 bits per heavy atom. The van der Waals surface area contributed by atoms with Gasteiger partial charge in [0.25, 0.3) is 0 Å². The van der Waals surface area contributed by atoms with E-state index >= 15 is 0 Å². The summed E-state index contributed by atoms with van der Waals surface area (Å²) in [7, 11) is 1.51. The van der Waals surface area contributed by atoms with E-state index in [4.69, 9.17) is 10.5 Å². The SMILES string of the molecule is CCN(CC)C(=O)N[C@@]1([C@H](C)O)[C@@H](N)[C@H](Nc2cccc(OC)c2)[C@](O)(CO)[C@]1(C)O. The fourth-order valence-corrected chi connectivity index (χ4v) is 4.66. The van der Waals surface area contributed by atoms with E-state index < -0.39 is 47.6 Å². The molecule has 0 saturated heterocycles. The zero-order chi connectivity index (χ0) is 23.6. The highest BCUT2D eigenvalue weighted by Gasteiger charge is 2.75. The first-order chi connectivity index (χ1) is 14.5. The molecule has 0 heterocycles. The van der Waals surface area contributed by atoms with Crippen LogP contribution in [0.15, 0.2) is 24.3 Å². The minimum absolute atomic E-state index is 0.394. The van der Waals surface area contributed by atoms with Gasteiger partial charge in [-0.2, -0.15) is 0 Å². The minimum atomic E-state index is -2.21. The number of rotatable bonds is 8. The summed E-state index contributed by atoms with van der Waals surface area (Å²) < 4.78 is 5.21. The molecule has 1 aliphatic carbocycles. The summed E-state index contributed by atoms with van der Waals surface area (Å²) in [5.74, 6) is 0.549. The Morgan fingerprint density at radius 3 is 2.42 bits per heavy atom. The Hall–Kier alpha value is -2.11. The highest BCUT2D eigenvalue weighted by Crippen LogP contribution is 2.48. The molecule has 6 atom stereocenters. The molecule has 1 fully saturated rings. The molecular formula is C21H36N4O6. The largest absolute Gasteiger partial charge is 0.497 e. The van der Waals surface area contributed by atoms with E-state index in [0.717, 1.165) is 0 Å². The monoisotopic (exact) mass is 440 g/mol. The van der Waals surface area contributed by atoms with E-state index in [2.05, 4.69) is 10.6 Å². The number of carbonyl (C=O) groups excluding carboxylic acids is 1. The Balaban J connectivity index is 2.57. The third kappa shape index (κ3) is 3.83. The summed E-state index contributed by atoms with van der Waals surface area (Å²) in [5.41, 5.74) is 0.744. The van der Waals surface area contributed by atoms with Gasteiger partial charge in [0.1, 0.15) is 22.5 Å². The van der Waals surface area contributed by atoms with Gasteiger partial charge in [-0.25, -0.2) is 4.79 Å². The third-order valence-corrected chi connectivity index (χ3v) is 6.70. The molecule has 1 aromatic rings. The van der Waals surface area contributed by atoms with Crippen molar-refractivity contribution in [3.05, 3.63) is 24.3 Å². The van der Waals surface area contributed by atoms with Crippen LogP contribution >= 0.6 is 0 Å². The second-order valence-corrected chi connectivity index (χ2v) is 8.18. The summed E-state index contributed by atoms with van der Waals surface area (Å²) in [5, 5.41) is 49.6. The Labute approximate surface area is 183 Å². The Morgan fingerprint density at radius 1 is 1.32 bits per heavy atom. The van der Waals surface area contributed by atoms with Gasteiger partial charge in [-0.15, -0.1) is 0 Å². The predicted molar refractivity (Wildman–Crippen MR) is 117 cm³/mol. The number of benzene rings is 1. The van der Waals surface area contributed by atoms with Crippen LogP contribution in [0.3, 0.4) is 0 Å². The van der Waals surface area contributed by atoms with Crippen molar-refractivity contribution in [3.8, 4) is 5.75 Å². The Bertz CT molecular complexity index is 772. The maximum absolute atomic E-state index is 12.9. The van der Waals surface area contributed by atoms with Gasteiger partial charge in [-0.05, 0) is 39.8 Å². The lowest BCUT2D eigenvalue weighted by Gasteiger charge is -2.48. The van der Waals surface area contributed by atoms with Gasteiger partial charge in [0.2, 0.25) is 0 Å². The Kier molecular flexibility index (Phi) is 7.44. The molecular weight excluding hydrogens is 404 g/mol. The number of aliphatic hydroxyl groups is 4. The molecule has 1 aromatic carbocycles. The number of nitrogens with zero attached hydrogens (tertiary/aromatic N) is 1. The van der Waals surface area contributed by atoms with Crippen LogP contribution in [0, 0.1) is 0 Å². The normalized spacial score (nSPS) is 33.6. The van der Waals surface area contributed by atoms with E-state index in [1.54, 1.807) is 38.1 Å². The number of urea groups is 1. The van der Waals surface area contributed by atoms with Gasteiger partial charge in [0, 0.05) is 24.8 Å². The van der Waals surface area contributed by atoms with Crippen molar-refractivity contribution in [3.63, 3.8) is 0 Å². The quantitative estimate of drug-likeness (QED) is 0.284. The standard InChI is InChI=1S/C21H36N4O6/c1-6-25(7-2)18(28)24-21(13(3)27)16(22)17(20(30,12-26)19(21,4)29)23-14-9-8-10-15(11-14)31-5/h8-11,13,16-17,23,26-27,29-30H,6-7,12,22H2,1-5H3,(H,24,28)/t13-,16-,17-,19-,20+,21-/m0/s1. The van der Waals surface area contributed by atoms with Gasteiger partial charge in [-0.3, -0.25) is 0 Å². The lowest BCUT2D eigenvalue weighted by molar-refractivity contribution is -0.185. The van der Waals surface area contributed by atoms with E-state index in [9.17, 15) is 25.2 Å². The number of nitrogens with two attached hydrogens (primary N) is 1. The van der Waals surface area contributed by atoms with Gasteiger partial charge in [0.15, 0.2) is 0 Å². The molecule has 2 amide bonds. The van der Waals surface area contributed by atoms with Crippen LogP contribution in [0.25, 0.3) is 0 Å². The van der Waals surface area contributed by atoms with Crippen LogP contribution in [-0.4, -0.2) is 93.1 Å². The first-order valence-corrected chi connectivity index (χ1v) is 10.4. The number of aliphatic hydroxyl groups excluding tert-OH is 2. The first-order valence-electron chi connectivity index (χ1n) is 10.4. The molecule has 2 rings (SSSR count). The van der Waals surface area contributed by atoms with Crippen LogP contribution in [0.5, 0.6) is 5.75 Å². The number of hydrogen-bond donors (Lipinski definition) is 7. The van der Waals surface area contributed by atoms with Gasteiger partial charge in [0.05, 0.1) is 31.9 Å². The number of ether oxygens (including phenoxy) is 1. The molecule has 10 heteroatoms. The van der Waals surface area contributed by atoms with Crippen molar-refractivity contribution in [2.75, 3.05) is 32.1 Å². The number of hydrogen-bond acceptors (Lipinski definition) is 8. The van der Waals surface area contributed by atoms with Gasteiger partial charge >= 0.3 is 6.03 Å². The van der Waals surface area contributed by atoms with Crippen LogP contribution < -0.4 is 21.1 Å². The van der Waals surface area contributed by atoms with Crippen molar-refractivity contribution in [2.24, 2.45) is 5.73 Å². The molecule has 1 aliphatic rings. The minimum Gasteiger partial charge on any atom is -0.497 e. The number of carbonyl (C=O) groups is 1. The van der Waals surface area contributed by atoms with Crippen LogP contribution in [-0.2, 0) is 0 Å². The molecule has 8 N–H and O–H groups in total. The molecule has 0 aliphatic heterocycles. The van der Waals surface area contributed by atoms with Crippen molar-refractivity contribution in [2.45, 2.75) is 62.6 Å². The van der Waals surface area contributed by atoms with Crippen LogP contribution in [0.1, 0.15) is 27.7 Å². The molecule has 0 radical (unpaired) electrons. The van der Waals surface area contributed by atoms with E-state index in [0.29, 0.717) is 24.5 Å². The lowest BCUT2D eigenvalue weighted by Crippen LogP contribution is -2.76. The second kappa shape index (κ2) is 9.17. The summed E-state index contributed by atoms with van der Waals surface area (Å²) in [6, 6.07) is 3.95. The average Bonchev–Trinajstić information content (AvgIpc) is 2.86. The molecule has 0 bridgehead atoms. The van der Waals surface area contributed by atoms with Crippen molar-refractivity contribution in [1.82, 2.24) is 10.2 Å². The van der Waals surface area contributed by atoms with E-state index in [1.807, 2.05) is 0 Å². The van der Waals surface area contributed by atoms with Gasteiger partial charge < -0.3 is 46.4 Å². The summed E-state index contributed by atoms with van der Waals surface area (Å²) in [6.07, 6.45) is -1.37. The first kappa shape index (κ1) is 25.2. The average molecular weight is 441 g/mol. The fourth-order valence-electron chi connectivity index (χ4n) is 4.66. The highest BCUT2D eigenvalue weighted by molar-refractivity contribution is 5.76. The number of anilines is 1. The maximum atomic E-state index is 12.9. The van der Waals surface area contributed by atoms with E-state index in [1.165, 1.54) is 25.9 Å². The molecule has 0 spiro atoms. The second-order valence-electron chi connectivity index (χ2n) is 8.18. The van der Waals surface area contributed by atoms with Crippen molar-refractivity contribution in [1.29, 1.82) is 0 Å². The topological polar surface area (TPSA) is 161 Å². The number of methoxy groups -OCH3 is 1. The van der Waals surface area contributed by atoms with Crippen molar-refractivity contribution >= 4 is 11.7 Å². The molecule has 0 aromatic heterocycles. The van der Waals surface area contributed by atoms with Crippen LogP contribution in [0.4, 0.5) is 10.5 Å². The number of nitrogens with one attached hydrogen (secondary N) is 2. The maximum Gasteiger partial charge on any atom is 0.318 e. The summed E-state index contributed by atoms with van der Waals surface area (Å²) >= 11 is 0. The molecule has 10 nitrogen and oxygen atoms in total. The summed E-state index contributed by atoms with van der Waals surface area (Å²) in [4.78, 5) is 14.4. The van der Waals surface area contributed by atoms with Crippen LogP contribution in [0.2, 0.25) is 0 Å². The molecule has 176 valence electrons. The third-order valence-electron chi connectivity index (χ3n) is 6.70. The molecule has 31 heavy (non-hydrogen) atoms. The predicted octanol–water partition coefficient (Wildman–Crippen LogP) is -0.538. The summed E-state index contributed by atoms with van der Waals surface area (Å²) in [6.45, 7) is 6.14. The zero-order valence-electron chi connectivity index (χ0n) is 18.8. The van der Waals surface area contributed by atoms with Crippen molar-refractivity contribution < 1.29 is 30.0 Å². The zero-order valence-corrected chi connectivity index (χ0v) is 18.8. The van der Waals surface area contributed by atoms with E-state index in [-0.39, 0.29) is 0 Å². The highest BCUT2D eigenvalue weighted by atomic mass is 16.5. The molecule has 0 unspecified atom stereocenters. The lowest BCUT2D eigenvalue weighted by atomic mass is 9.73.